The van der Waals surface area contributed by atoms with Crippen molar-refractivity contribution in [2.75, 3.05) is 32.7 Å². The minimum atomic E-state index is -1.60. The molecular weight excluding hydrogens is 172 g/mol. The predicted molar refractivity (Wildman–Crippen MR) is 42.8 cm³/mol. The van der Waals surface area contributed by atoms with Crippen molar-refractivity contribution in [3.8, 4) is 0 Å². The van der Waals surface area contributed by atoms with Crippen LogP contribution in [0.25, 0.3) is 0 Å². The first-order valence-electron chi connectivity index (χ1n) is 4.49. The molecule has 0 aromatic carbocycles. The summed E-state index contributed by atoms with van der Waals surface area (Å²) in [6.07, 6.45) is 0. The Labute approximate surface area is 76.9 Å². The number of aliphatic carboxylic acids is 1. The van der Waals surface area contributed by atoms with Gasteiger partial charge in [0.1, 0.15) is 5.97 Å². The zero-order valence-electron chi connectivity index (χ0n) is 7.71. The number of carboxylic acid groups (broad SMARTS) is 1. The number of carboxylic acids is 1. The van der Waals surface area contributed by atoms with E-state index in [4.69, 9.17) is 0 Å². The van der Waals surface area contributed by atoms with E-state index in [2.05, 4.69) is 6.92 Å². The van der Waals surface area contributed by atoms with Gasteiger partial charge in [-0.1, -0.05) is 0 Å². The molecule has 1 saturated heterocycles. The molecule has 1 heterocycles. The van der Waals surface area contributed by atoms with E-state index in [9.17, 15) is 14.7 Å². The number of piperazine rings is 1. The zero-order chi connectivity index (χ0) is 9.84. The highest BCUT2D eigenvalue weighted by Gasteiger charge is 2.22. The average molecular weight is 186 g/mol. The van der Waals surface area contributed by atoms with Crippen LogP contribution in [0.2, 0.25) is 0 Å². The molecule has 74 valence electrons. The lowest BCUT2D eigenvalue weighted by Gasteiger charge is -2.31. The molecular formula is C8H14N2O3. The quantitative estimate of drug-likeness (QED) is 0.432. The van der Waals surface area contributed by atoms with Gasteiger partial charge < -0.3 is 19.7 Å². The average Bonchev–Trinajstić information content (AvgIpc) is 2.17. The minimum absolute atomic E-state index is 0.524. The molecule has 1 rings (SSSR count). The summed E-state index contributed by atoms with van der Waals surface area (Å²) in [5.74, 6) is -2.48. The molecule has 1 amide bonds. The van der Waals surface area contributed by atoms with Gasteiger partial charge in [0.25, 0.3) is 5.91 Å². The van der Waals surface area contributed by atoms with Crippen molar-refractivity contribution in [3.05, 3.63) is 0 Å². The maximum Gasteiger partial charge on any atom is 0.269 e. The molecule has 1 fully saturated rings. The number of carbonyl (C=O) groups is 2. The number of nitrogens with one attached hydrogen (secondary N) is 1. The maximum absolute atomic E-state index is 10.9. The van der Waals surface area contributed by atoms with Crippen LogP contribution in [0, 0.1) is 0 Å². The Morgan fingerprint density at radius 3 is 2.31 bits per heavy atom. The third-order valence-electron chi connectivity index (χ3n) is 2.43. The molecule has 13 heavy (non-hydrogen) atoms. The second-order valence-electron chi connectivity index (χ2n) is 3.18. The highest BCUT2D eigenvalue weighted by Crippen LogP contribution is 1.89. The first kappa shape index (κ1) is 9.98. The van der Waals surface area contributed by atoms with Gasteiger partial charge in [-0.15, -0.1) is 0 Å². The molecule has 0 bridgehead atoms. The molecule has 0 unspecified atom stereocenters. The third-order valence-corrected chi connectivity index (χ3v) is 2.43. The Balaban J connectivity index is 2.41. The number of quaternary nitrogens is 1. The molecule has 0 radical (unpaired) electrons. The van der Waals surface area contributed by atoms with E-state index in [1.54, 1.807) is 0 Å². The molecule has 0 aromatic rings. The van der Waals surface area contributed by atoms with E-state index < -0.39 is 11.9 Å². The van der Waals surface area contributed by atoms with Crippen molar-refractivity contribution in [1.82, 2.24) is 4.90 Å². The lowest BCUT2D eigenvalue weighted by atomic mass is 10.3. The van der Waals surface area contributed by atoms with E-state index >= 15 is 0 Å². The summed E-state index contributed by atoms with van der Waals surface area (Å²) >= 11 is 0. The fourth-order valence-electron chi connectivity index (χ4n) is 1.51. The van der Waals surface area contributed by atoms with Gasteiger partial charge in [-0.2, -0.15) is 0 Å². The van der Waals surface area contributed by atoms with Crippen LogP contribution in [0.3, 0.4) is 0 Å². The molecule has 0 atom stereocenters. The highest BCUT2D eigenvalue weighted by atomic mass is 16.4. The van der Waals surface area contributed by atoms with Crippen LogP contribution in [-0.4, -0.2) is 49.5 Å². The second kappa shape index (κ2) is 4.23. The van der Waals surface area contributed by atoms with Crippen molar-refractivity contribution in [1.29, 1.82) is 0 Å². The number of nitrogens with zero attached hydrogens (tertiary/aromatic N) is 1. The number of likely N-dealkylation sites (N-methyl/N-ethyl adjacent to an activating group) is 1. The Hall–Kier alpha value is -1.10. The van der Waals surface area contributed by atoms with Crippen molar-refractivity contribution in [2.45, 2.75) is 6.92 Å². The minimum Gasteiger partial charge on any atom is -0.540 e. The third kappa shape index (κ3) is 2.42. The number of hydrogen-bond acceptors (Lipinski definition) is 3. The van der Waals surface area contributed by atoms with Gasteiger partial charge in [0.2, 0.25) is 0 Å². The van der Waals surface area contributed by atoms with Crippen molar-refractivity contribution in [2.24, 2.45) is 0 Å². The molecule has 5 heteroatoms. The standard InChI is InChI=1S/C8H14N2O3/c1-2-9-3-5-10(6-4-9)7(11)8(12)13/h2-6H2,1H3,(H,12,13). The number of amides is 1. The highest BCUT2D eigenvalue weighted by molar-refractivity contribution is 6.30. The lowest BCUT2D eigenvalue weighted by molar-refractivity contribution is -0.902. The number of rotatable bonds is 1. The van der Waals surface area contributed by atoms with Crippen LogP contribution in [0.15, 0.2) is 0 Å². The summed E-state index contributed by atoms with van der Waals surface area (Å²) < 4.78 is 0. The molecule has 1 aliphatic heterocycles. The number of carbonyl (C=O) groups excluding carboxylic acids is 2. The van der Waals surface area contributed by atoms with Crippen LogP contribution >= 0.6 is 0 Å². The number of hydrogen-bond donors (Lipinski definition) is 1. The first-order chi connectivity index (χ1) is 6.15. The first-order valence-corrected chi connectivity index (χ1v) is 4.49. The van der Waals surface area contributed by atoms with Crippen molar-refractivity contribution in [3.63, 3.8) is 0 Å². The molecule has 1 N–H and O–H groups in total. The Bertz CT molecular complexity index is 209. The maximum atomic E-state index is 10.9. The van der Waals surface area contributed by atoms with Crippen LogP contribution in [0.4, 0.5) is 0 Å². The van der Waals surface area contributed by atoms with Gasteiger partial charge >= 0.3 is 0 Å². The van der Waals surface area contributed by atoms with Crippen molar-refractivity contribution < 1.29 is 19.6 Å². The molecule has 0 aliphatic carbocycles. The van der Waals surface area contributed by atoms with Crippen LogP contribution in [-0.2, 0) is 9.59 Å². The molecule has 5 nitrogen and oxygen atoms in total. The van der Waals surface area contributed by atoms with E-state index in [0.29, 0.717) is 13.1 Å². The smallest absolute Gasteiger partial charge is 0.269 e. The second-order valence-corrected chi connectivity index (χ2v) is 3.18. The molecule has 1 aliphatic rings. The van der Waals surface area contributed by atoms with Crippen molar-refractivity contribution >= 4 is 11.9 Å². The molecule has 0 aromatic heterocycles. The summed E-state index contributed by atoms with van der Waals surface area (Å²) in [6, 6.07) is 0. The topological polar surface area (TPSA) is 64.9 Å². The fraction of sp³-hybridized carbons (Fsp3) is 0.750. The van der Waals surface area contributed by atoms with Crippen LogP contribution in [0.1, 0.15) is 6.92 Å². The van der Waals surface area contributed by atoms with E-state index in [-0.39, 0.29) is 0 Å². The van der Waals surface area contributed by atoms with Gasteiger partial charge in [0, 0.05) is 0 Å². The van der Waals surface area contributed by atoms with Gasteiger partial charge in [-0.05, 0) is 6.92 Å². The van der Waals surface area contributed by atoms with Crippen LogP contribution < -0.4 is 10.0 Å². The van der Waals surface area contributed by atoms with E-state index in [1.165, 1.54) is 9.80 Å². The summed E-state index contributed by atoms with van der Waals surface area (Å²) in [7, 11) is 0. The fourth-order valence-corrected chi connectivity index (χ4v) is 1.51. The SMILES string of the molecule is CC[NH+]1CCN(C(=O)C(=O)[O-])CC1. The van der Waals surface area contributed by atoms with Gasteiger partial charge in [-0.3, -0.25) is 4.79 Å². The Morgan fingerprint density at radius 2 is 1.92 bits per heavy atom. The van der Waals surface area contributed by atoms with Gasteiger partial charge in [0.05, 0.1) is 32.7 Å². The van der Waals surface area contributed by atoms with Gasteiger partial charge in [-0.25, -0.2) is 0 Å². The predicted octanol–water partition coefficient (Wildman–Crippen LogP) is -3.52. The molecule has 0 spiro atoms. The largest absolute Gasteiger partial charge is 0.540 e. The lowest BCUT2D eigenvalue weighted by Crippen LogP contribution is -3.14. The summed E-state index contributed by atoms with van der Waals surface area (Å²) in [5.41, 5.74) is 0. The summed E-state index contributed by atoms with van der Waals surface area (Å²) in [5, 5.41) is 10.2. The van der Waals surface area contributed by atoms with E-state index in [0.717, 1.165) is 19.6 Å². The Morgan fingerprint density at radius 1 is 1.38 bits per heavy atom. The normalized spacial score (nSPS) is 18.7. The summed E-state index contributed by atoms with van der Waals surface area (Å²) in [4.78, 5) is 23.9. The summed E-state index contributed by atoms with van der Waals surface area (Å²) in [6.45, 7) is 5.80. The van der Waals surface area contributed by atoms with Crippen LogP contribution in [0.5, 0.6) is 0 Å². The Kier molecular flexibility index (Phi) is 3.25. The van der Waals surface area contributed by atoms with Gasteiger partial charge in [0.15, 0.2) is 0 Å². The monoisotopic (exact) mass is 186 g/mol. The zero-order valence-corrected chi connectivity index (χ0v) is 7.71. The molecule has 0 saturated carbocycles. The van der Waals surface area contributed by atoms with E-state index in [1.807, 2.05) is 0 Å².